The van der Waals surface area contributed by atoms with Crippen LogP contribution in [0.5, 0.6) is 0 Å². The molecule has 17 heavy (non-hydrogen) atoms. The van der Waals surface area contributed by atoms with E-state index in [1.54, 1.807) is 0 Å². The molecule has 1 aliphatic carbocycles. The largest absolute Gasteiger partial charge is 0.394 e. The van der Waals surface area contributed by atoms with Crippen LogP contribution in [0.4, 0.5) is 0 Å². The maximum absolute atomic E-state index is 9.19. The molecule has 1 fully saturated rings. The maximum atomic E-state index is 9.19. The Morgan fingerprint density at radius 1 is 1.53 bits per heavy atom. The zero-order valence-electron chi connectivity index (χ0n) is 9.31. The molecule has 0 radical (unpaired) electrons. The van der Waals surface area contributed by atoms with Crippen LogP contribution in [0, 0.1) is 0 Å². The number of nitrogens with two attached hydrogens (primary N) is 1. The highest BCUT2D eigenvalue weighted by Crippen LogP contribution is 2.40. The molecule has 0 aliphatic heterocycles. The van der Waals surface area contributed by atoms with E-state index < -0.39 is 6.04 Å². The summed E-state index contributed by atoms with van der Waals surface area (Å²) < 4.78 is 2.13. The van der Waals surface area contributed by atoms with Gasteiger partial charge in [0, 0.05) is 11.1 Å². The summed E-state index contributed by atoms with van der Waals surface area (Å²) in [5.74, 6) is 0.757. The van der Waals surface area contributed by atoms with Crippen molar-refractivity contribution < 1.29 is 5.11 Å². The summed E-state index contributed by atoms with van der Waals surface area (Å²) in [7, 11) is 0. The Morgan fingerprint density at radius 3 is 2.94 bits per heavy atom. The summed E-state index contributed by atoms with van der Waals surface area (Å²) in [6.07, 6.45) is 2.28. The van der Waals surface area contributed by atoms with Crippen LogP contribution in [0.25, 0.3) is 11.0 Å². The summed E-state index contributed by atoms with van der Waals surface area (Å²) in [5.41, 5.74) is 7.80. The molecule has 1 aliphatic rings. The molecule has 0 saturated heterocycles. The van der Waals surface area contributed by atoms with Crippen molar-refractivity contribution in [2.24, 2.45) is 5.73 Å². The lowest BCUT2D eigenvalue weighted by molar-refractivity contribution is 0.261. The van der Waals surface area contributed by atoms with Crippen molar-refractivity contribution in [2.75, 3.05) is 6.61 Å². The number of imidazole rings is 1. The summed E-state index contributed by atoms with van der Waals surface area (Å²) in [5, 5.41) is 9.89. The number of fused-ring (bicyclic) bond motifs is 1. The number of hydrogen-bond donors (Lipinski definition) is 2. The van der Waals surface area contributed by atoms with Gasteiger partial charge in [-0.15, -0.1) is 0 Å². The third-order valence-electron chi connectivity index (χ3n) is 3.12. The Kier molecular flexibility index (Phi) is 2.58. The van der Waals surface area contributed by atoms with Crippen LogP contribution in [-0.2, 0) is 0 Å². The van der Waals surface area contributed by atoms with Crippen molar-refractivity contribution in [1.82, 2.24) is 9.55 Å². The second-order valence-electron chi connectivity index (χ2n) is 4.49. The van der Waals surface area contributed by atoms with E-state index in [9.17, 15) is 5.11 Å². The zero-order chi connectivity index (χ0) is 12.0. The van der Waals surface area contributed by atoms with Crippen molar-refractivity contribution >= 4 is 22.6 Å². The number of aliphatic hydroxyl groups excluding tert-OH is 1. The van der Waals surface area contributed by atoms with Crippen LogP contribution in [0.15, 0.2) is 18.2 Å². The highest BCUT2D eigenvalue weighted by atomic mass is 35.5. The fourth-order valence-electron chi connectivity index (χ4n) is 2.14. The quantitative estimate of drug-likeness (QED) is 0.877. The monoisotopic (exact) mass is 251 g/mol. The summed E-state index contributed by atoms with van der Waals surface area (Å²) in [6, 6.07) is 5.66. The minimum atomic E-state index is -0.429. The summed E-state index contributed by atoms with van der Waals surface area (Å²) in [6.45, 7) is -0.0935. The first-order valence-corrected chi connectivity index (χ1v) is 6.12. The third kappa shape index (κ3) is 1.82. The maximum Gasteiger partial charge on any atom is 0.129 e. The fraction of sp³-hybridized carbons (Fsp3) is 0.417. The Morgan fingerprint density at radius 2 is 2.29 bits per heavy atom. The highest BCUT2D eigenvalue weighted by Gasteiger charge is 2.29. The number of aromatic nitrogens is 2. The number of benzene rings is 1. The van der Waals surface area contributed by atoms with Crippen molar-refractivity contribution in [3.8, 4) is 0 Å². The number of rotatable bonds is 3. The molecule has 1 heterocycles. The number of aliphatic hydroxyl groups is 1. The summed E-state index contributed by atoms with van der Waals surface area (Å²) >= 11 is 6.02. The minimum absolute atomic E-state index is 0.0935. The molecule has 1 aromatic carbocycles. The molecule has 2 aromatic rings. The molecular formula is C12H14ClN3O. The van der Waals surface area contributed by atoms with E-state index in [-0.39, 0.29) is 6.61 Å². The molecule has 1 aromatic heterocycles. The molecule has 3 rings (SSSR count). The van der Waals surface area contributed by atoms with Gasteiger partial charge >= 0.3 is 0 Å². The first-order chi connectivity index (χ1) is 8.20. The molecule has 90 valence electrons. The highest BCUT2D eigenvalue weighted by molar-refractivity contribution is 6.31. The van der Waals surface area contributed by atoms with Gasteiger partial charge < -0.3 is 15.4 Å². The predicted molar refractivity (Wildman–Crippen MR) is 67.0 cm³/mol. The number of halogens is 1. The van der Waals surface area contributed by atoms with Crippen LogP contribution >= 0.6 is 11.6 Å². The van der Waals surface area contributed by atoms with Gasteiger partial charge in [0.1, 0.15) is 5.82 Å². The first kappa shape index (κ1) is 11.0. The Hall–Kier alpha value is -1.10. The van der Waals surface area contributed by atoms with Gasteiger partial charge in [-0.25, -0.2) is 4.98 Å². The summed E-state index contributed by atoms with van der Waals surface area (Å²) in [4.78, 5) is 4.51. The lowest BCUT2D eigenvalue weighted by atomic mass is 10.3. The molecule has 5 heteroatoms. The average molecular weight is 252 g/mol. The van der Waals surface area contributed by atoms with E-state index in [2.05, 4.69) is 9.55 Å². The first-order valence-electron chi connectivity index (χ1n) is 5.74. The van der Waals surface area contributed by atoms with Gasteiger partial charge in [0.15, 0.2) is 0 Å². The van der Waals surface area contributed by atoms with Crippen molar-refractivity contribution in [3.63, 3.8) is 0 Å². The average Bonchev–Trinajstić information content (AvgIpc) is 3.09. The van der Waals surface area contributed by atoms with E-state index in [4.69, 9.17) is 17.3 Å². The van der Waals surface area contributed by atoms with Crippen LogP contribution < -0.4 is 5.73 Å². The second-order valence-corrected chi connectivity index (χ2v) is 4.93. The smallest absolute Gasteiger partial charge is 0.129 e. The topological polar surface area (TPSA) is 64.1 Å². The van der Waals surface area contributed by atoms with Crippen molar-refractivity contribution in [1.29, 1.82) is 0 Å². The van der Waals surface area contributed by atoms with Crippen LogP contribution in [0.1, 0.15) is 30.7 Å². The SMILES string of the molecule is NC(CO)c1nc2ccc(Cl)cc2n1C1CC1. The molecule has 3 N–H and O–H groups in total. The second kappa shape index (κ2) is 3.98. The molecule has 1 atom stereocenters. The molecule has 0 bridgehead atoms. The Balaban J connectivity index is 2.23. The normalized spacial score (nSPS) is 17.6. The van der Waals surface area contributed by atoms with Gasteiger partial charge in [-0.05, 0) is 31.0 Å². The lowest BCUT2D eigenvalue weighted by Crippen LogP contribution is -2.19. The number of nitrogens with zero attached hydrogens (tertiary/aromatic N) is 2. The molecule has 0 amide bonds. The van der Waals surface area contributed by atoms with Gasteiger partial charge in [0.2, 0.25) is 0 Å². The van der Waals surface area contributed by atoms with Gasteiger partial charge in [0.05, 0.1) is 23.7 Å². The van der Waals surface area contributed by atoms with Gasteiger partial charge in [-0.1, -0.05) is 11.6 Å². The van der Waals surface area contributed by atoms with Crippen LogP contribution in [0.3, 0.4) is 0 Å². The van der Waals surface area contributed by atoms with Gasteiger partial charge in [-0.3, -0.25) is 0 Å². The molecule has 1 saturated carbocycles. The lowest BCUT2D eigenvalue weighted by Gasteiger charge is -2.11. The third-order valence-corrected chi connectivity index (χ3v) is 3.35. The molecule has 4 nitrogen and oxygen atoms in total. The van der Waals surface area contributed by atoms with Gasteiger partial charge in [-0.2, -0.15) is 0 Å². The predicted octanol–water partition coefficient (Wildman–Crippen LogP) is 2.02. The van der Waals surface area contributed by atoms with E-state index >= 15 is 0 Å². The van der Waals surface area contributed by atoms with Crippen molar-refractivity contribution in [3.05, 3.63) is 29.0 Å². The van der Waals surface area contributed by atoms with E-state index in [0.29, 0.717) is 11.1 Å². The van der Waals surface area contributed by atoms with Crippen LogP contribution in [0.2, 0.25) is 5.02 Å². The minimum Gasteiger partial charge on any atom is -0.394 e. The molecular weight excluding hydrogens is 238 g/mol. The Bertz CT molecular complexity index is 562. The molecule has 0 spiro atoms. The number of hydrogen-bond acceptors (Lipinski definition) is 3. The van der Waals surface area contributed by atoms with E-state index in [0.717, 1.165) is 29.7 Å². The van der Waals surface area contributed by atoms with E-state index in [1.807, 2.05) is 18.2 Å². The zero-order valence-corrected chi connectivity index (χ0v) is 10.1. The standard InChI is InChI=1S/C12H14ClN3O/c13-7-1-4-10-11(5-7)16(8-2-3-8)12(15-10)9(14)6-17/h1,4-5,8-9,17H,2-3,6,14H2. The van der Waals surface area contributed by atoms with E-state index in [1.165, 1.54) is 0 Å². The van der Waals surface area contributed by atoms with Crippen LogP contribution in [-0.4, -0.2) is 21.3 Å². The molecule has 1 unspecified atom stereocenters. The Labute approximate surface area is 104 Å². The van der Waals surface area contributed by atoms with Gasteiger partial charge in [0.25, 0.3) is 0 Å². The fourth-order valence-corrected chi connectivity index (χ4v) is 2.31. The van der Waals surface area contributed by atoms with Crippen molar-refractivity contribution in [2.45, 2.75) is 24.9 Å².